The first kappa shape index (κ1) is 17.8. The van der Waals surface area contributed by atoms with E-state index in [-0.39, 0.29) is 0 Å². The first-order valence-electron chi connectivity index (χ1n) is 10.3. The molecule has 3 atom stereocenters. The summed E-state index contributed by atoms with van der Waals surface area (Å²) in [6.07, 6.45) is 8.90. The van der Waals surface area contributed by atoms with Crippen LogP contribution in [0.1, 0.15) is 36.9 Å². The van der Waals surface area contributed by atoms with Crippen molar-refractivity contribution in [3.63, 3.8) is 0 Å². The molecule has 3 aliphatic rings. The third-order valence-corrected chi connectivity index (χ3v) is 6.66. The molecular formula is C21H33N5. The van der Waals surface area contributed by atoms with Gasteiger partial charge < -0.3 is 10.2 Å². The molecule has 0 amide bonds. The van der Waals surface area contributed by atoms with Crippen LogP contribution in [0.4, 0.5) is 0 Å². The van der Waals surface area contributed by atoms with Crippen LogP contribution in [0.3, 0.4) is 0 Å². The van der Waals surface area contributed by atoms with Gasteiger partial charge in [-0.15, -0.1) is 0 Å². The van der Waals surface area contributed by atoms with E-state index in [1.807, 2.05) is 20.2 Å². The van der Waals surface area contributed by atoms with E-state index in [2.05, 4.69) is 37.2 Å². The molecule has 3 unspecified atom stereocenters. The number of rotatable bonds is 4. The summed E-state index contributed by atoms with van der Waals surface area (Å²) >= 11 is 0. The van der Waals surface area contributed by atoms with Gasteiger partial charge in [0.25, 0.3) is 0 Å². The maximum absolute atomic E-state index is 4.52. The Morgan fingerprint density at radius 1 is 1.19 bits per heavy atom. The average molecular weight is 356 g/mol. The Hall–Kier alpha value is -1.62. The molecule has 1 aromatic heterocycles. The van der Waals surface area contributed by atoms with E-state index in [1.54, 1.807) is 0 Å². The summed E-state index contributed by atoms with van der Waals surface area (Å²) in [7, 11) is 1.90. The van der Waals surface area contributed by atoms with Crippen molar-refractivity contribution in [2.45, 2.75) is 45.1 Å². The summed E-state index contributed by atoms with van der Waals surface area (Å²) in [4.78, 5) is 14.1. The summed E-state index contributed by atoms with van der Waals surface area (Å²) in [5, 5.41) is 3.54. The number of piperazine rings is 1. The number of nitrogens with zero attached hydrogens (tertiary/aromatic N) is 4. The smallest absolute Gasteiger partial charge is 0.193 e. The molecule has 1 aliphatic heterocycles. The van der Waals surface area contributed by atoms with Crippen LogP contribution in [0.15, 0.2) is 23.3 Å². The van der Waals surface area contributed by atoms with Gasteiger partial charge in [-0.05, 0) is 56.1 Å². The van der Waals surface area contributed by atoms with Gasteiger partial charge in [-0.3, -0.25) is 14.9 Å². The fourth-order valence-corrected chi connectivity index (χ4v) is 5.22. The van der Waals surface area contributed by atoms with Crippen molar-refractivity contribution in [3.8, 4) is 0 Å². The largest absolute Gasteiger partial charge is 0.356 e. The second-order valence-corrected chi connectivity index (χ2v) is 8.30. The minimum Gasteiger partial charge on any atom is -0.356 e. The highest BCUT2D eigenvalue weighted by Gasteiger charge is 2.42. The molecule has 2 bridgehead atoms. The number of aryl methyl sites for hydroxylation is 1. The van der Waals surface area contributed by atoms with Gasteiger partial charge in [-0.2, -0.15) is 0 Å². The number of guanidine groups is 1. The Labute approximate surface area is 157 Å². The van der Waals surface area contributed by atoms with Crippen LogP contribution >= 0.6 is 0 Å². The first-order chi connectivity index (χ1) is 12.7. The molecule has 4 rings (SSSR count). The SMILES string of the molecule is CN=C(NCCc1ccc(C)nc1)N1CCN(C2CC3CCC2C3)CC1. The lowest BCUT2D eigenvalue weighted by molar-refractivity contribution is 0.0959. The van der Waals surface area contributed by atoms with E-state index in [1.165, 1.54) is 44.3 Å². The second kappa shape index (κ2) is 7.95. The highest BCUT2D eigenvalue weighted by atomic mass is 15.4. The van der Waals surface area contributed by atoms with Crippen LogP contribution in [0.5, 0.6) is 0 Å². The van der Waals surface area contributed by atoms with Gasteiger partial charge in [0.2, 0.25) is 0 Å². The normalized spacial score (nSPS) is 29.4. The molecule has 3 fully saturated rings. The Balaban J connectivity index is 1.23. The van der Waals surface area contributed by atoms with Crippen molar-refractivity contribution in [2.75, 3.05) is 39.8 Å². The summed E-state index contributed by atoms with van der Waals surface area (Å²) in [5.41, 5.74) is 2.35. The number of aromatic nitrogens is 1. The maximum Gasteiger partial charge on any atom is 0.193 e. The van der Waals surface area contributed by atoms with E-state index in [9.17, 15) is 0 Å². The van der Waals surface area contributed by atoms with Gasteiger partial charge in [0.15, 0.2) is 5.96 Å². The molecule has 1 N–H and O–H groups in total. The molecule has 2 heterocycles. The number of hydrogen-bond acceptors (Lipinski definition) is 3. The monoisotopic (exact) mass is 355 g/mol. The first-order valence-corrected chi connectivity index (χ1v) is 10.3. The third kappa shape index (κ3) is 3.88. The lowest BCUT2D eigenvalue weighted by Gasteiger charge is -2.42. The standard InChI is InChI=1S/C21H33N5/c1-16-3-4-17(15-24-16)7-8-23-21(22-2)26-11-9-25(10-12-26)20-14-18-5-6-19(20)13-18/h3-4,15,18-20H,5-14H2,1-2H3,(H,22,23). The quantitative estimate of drug-likeness (QED) is 0.665. The average Bonchev–Trinajstić information content (AvgIpc) is 3.31. The molecule has 1 saturated heterocycles. The van der Waals surface area contributed by atoms with Crippen LogP contribution in [-0.2, 0) is 6.42 Å². The summed E-state index contributed by atoms with van der Waals surface area (Å²) < 4.78 is 0. The summed E-state index contributed by atoms with van der Waals surface area (Å²) in [5.74, 6) is 3.08. The number of hydrogen-bond donors (Lipinski definition) is 1. The Morgan fingerprint density at radius 2 is 2.04 bits per heavy atom. The zero-order valence-corrected chi connectivity index (χ0v) is 16.3. The van der Waals surface area contributed by atoms with Crippen LogP contribution in [0.25, 0.3) is 0 Å². The van der Waals surface area contributed by atoms with Gasteiger partial charge in [-0.25, -0.2) is 0 Å². The highest BCUT2D eigenvalue weighted by molar-refractivity contribution is 5.80. The molecule has 26 heavy (non-hydrogen) atoms. The minimum atomic E-state index is 0.875. The Bertz CT molecular complexity index is 618. The number of pyridine rings is 1. The van der Waals surface area contributed by atoms with Gasteiger partial charge in [0, 0.05) is 57.7 Å². The van der Waals surface area contributed by atoms with E-state index >= 15 is 0 Å². The second-order valence-electron chi connectivity index (χ2n) is 8.30. The van der Waals surface area contributed by atoms with Crippen LogP contribution < -0.4 is 5.32 Å². The van der Waals surface area contributed by atoms with E-state index < -0.39 is 0 Å². The lowest BCUT2D eigenvalue weighted by atomic mass is 9.93. The van der Waals surface area contributed by atoms with Gasteiger partial charge in [0.05, 0.1) is 0 Å². The topological polar surface area (TPSA) is 43.8 Å². The molecule has 2 aliphatic carbocycles. The fraction of sp³-hybridized carbons (Fsp3) is 0.714. The third-order valence-electron chi connectivity index (χ3n) is 6.66. The number of aliphatic imine (C=N–C) groups is 1. The zero-order valence-electron chi connectivity index (χ0n) is 16.3. The van der Waals surface area contributed by atoms with Crippen LogP contribution in [-0.4, -0.2) is 66.6 Å². The maximum atomic E-state index is 4.52. The van der Waals surface area contributed by atoms with Crippen molar-refractivity contribution in [2.24, 2.45) is 16.8 Å². The molecule has 2 saturated carbocycles. The molecule has 1 aromatic rings. The van der Waals surface area contributed by atoms with Crippen molar-refractivity contribution >= 4 is 5.96 Å². The van der Waals surface area contributed by atoms with Crippen molar-refractivity contribution < 1.29 is 0 Å². The van der Waals surface area contributed by atoms with Crippen molar-refractivity contribution in [1.82, 2.24) is 20.1 Å². The van der Waals surface area contributed by atoms with Crippen molar-refractivity contribution in [1.29, 1.82) is 0 Å². The van der Waals surface area contributed by atoms with Gasteiger partial charge in [0.1, 0.15) is 0 Å². The Kier molecular flexibility index (Phi) is 5.44. The molecule has 142 valence electrons. The Morgan fingerprint density at radius 3 is 2.65 bits per heavy atom. The number of nitrogens with one attached hydrogen (secondary N) is 1. The highest BCUT2D eigenvalue weighted by Crippen LogP contribution is 2.46. The number of fused-ring (bicyclic) bond motifs is 2. The summed E-state index contributed by atoms with van der Waals surface area (Å²) in [6.45, 7) is 7.51. The molecule has 0 aromatic carbocycles. The van der Waals surface area contributed by atoms with Gasteiger partial charge >= 0.3 is 0 Å². The van der Waals surface area contributed by atoms with E-state index in [4.69, 9.17) is 0 Å². The minimum absolute atomic E-state index is 0.875. The predicted octanol–water partition coefficient (Wildman–Crippen LogP) is 2.31. The summed E-state index contributed by atoms with van der Waals surface area (Å²) in [6, 6.07) is 5.12. The van der Waals surface area contributed by atoms with Crippen LogP contribution in [0, 0.1) is 18.8 Å². The molecule has 0 radical (unpaired) electrons. The molecular weight excluding hydrogens is 322 g/mol. The van der Waals surface area contributed by atoms with Crippen LogP contribution in [0.2, 0.25) is 0 Å². The van der Waals surface area contributed by atoms with Gasteiger partial charge in [-0.1, -0.05) is 12.5 Å². The lowest BCUT2D eigenvalue weighted by Crippen LogP contribution is -2.55. The van der Waals surface area contributed by atoms with Crippen molar-refractivity contribution in [3.05, 3.63) is 29.6 Å². The molecule has 5 nitrogen and oxygen atoms in total. The molecule has 0 spiro atoms. The zero-order chi connectivity index (χ0) is 17.9. The predicted molar refractivity (Wildman–Crippen MR) is 106 cm³/mol. The molecule has 5 heteroatoms. The van der Waals surface area contributed by atoms with E-state index in [0.717, 1.165) is 55.6 Å². The fourth-order valence-electron chi connectivity index (χ4n) is 5.22. The van der Waals surface area contributed by atoms with E-state index in [0.29, 0.717) is 0 Å².